The summed E-state index contributed by atoms with van der Waals surface area (Å²) in [6.07, 6.45) is 3.06. The number of benzene rings is 4. The van der Waals surface area contributed by atoms with Gasteiger partial charge in [0.15, 0.2) is 0 Å². The van der Waals surface area contributed by atoms with Crippen molar-refractivity contribution in [3.63, 3.8) is 0 Å². The van der Waals surface area contributed by atoms with Crippen LogP contribution in [0.1, 0.15) is 29.2 Å². The van der Waals surface area contributed by atoms with Gasteiger partial charge in [0, 0.05) is 23.0 Å². The first-order valence-corrected chi connectivity index (χ1v) is 11.6. The second kappa shape index (κ2) is 8.96. The number of hydrogen-bond acceptors (Lipinski definition) is 0. The van der Waals surface area contributed by atoms with E-state index in [0.717, 1.165) is 6.42 Å². The molecule has 0 aliphatic carbocycles. The van der Waals surface area contributed by atoms with Crippen molar-refractivity contribution >= 4 is 10.9 Å². The van der Waals surface area contributed by atoms with Crippen LogP contribution in [-0.4, -0.2) is 4.98 Å². The second-order valence-electron chi connectivity index (χ2n) is 8.87. The van der Waals surface area contributed by atoms with Crippen molar-refractivity contribution in [2.75, 3.05) is 0 Å². The summed E-state index contributed by atoms with van der Waals surface area (Å²) in [4.78, 5) is 3.47. The molecule has 0 bridgehead atoms. The van der Waals surface area contributed by atoms with Crippen LogP contribution in [0.15, 0.2) is 134 Å². The first kappa shape index (κ1) is 21.0. The molecule has 5 aromatic rings. The third-order valence-corrected chi connectivity index (χ3v) is 6.90. The van der Waals surface area contributed by atoms with Crippen LogP contribution in [0.2, 0.25) is 0 Å². The van der Waals surface area contributed by atoms with E-state index in [-0.39, 0.29) is 11.3 Å². The third-order valence-electron chi connectivity index (χ3n) is 6.90. The van der Waals surface area contributed by atoms with Gasteiger partial charge in [-0.1, -0.05) is 121 Å². The largest absolute Gasteiger partial charge is 0.361 e. The molecule has 1 aromatic heterocycles. The highest BCUT2D eigenvalue weighted by atomic mass is 14.7. The normalized spacial score (nSPS) is 12.5. The smallest absolute Gasteiger partial charge is 0.0519 e. The standard InChI is InChI=1S/C32H29N/c1-24(2)30(22-25-23-33-31-21-13-12-20-29(25)31)32(26-14-6-3-7-15-26,27-16-8-4-9-17-27)28-18-10-5-11-19-28/h3-21,23,30,33H,1,22H2,2H3. The predicted molar refractivity (Wildman–Crippen MR) is 140 cm³/mol. The number of rotatable bonds is 7. The van der Waals surface area contributed by atoms with Gasteiger partial charge in [0.05, 0.1) is 5.41 Å². The Balaban J connectivity index is 1.80. The molecule has 0 spiro atoms. The number of allylic oxidation sites excluding steroid dienone is 1. The number of aromatic nitrogens is 1. The lowest BCUT2D eigenvalue weighted by Gasteiger charge is -2.43. The van der Waals surface area contributed by atoms with E-state index in [9.17, 15) is 0 Å². The summed E-state index contributed by atoms with van der Waals surface area (Å²) in [5, 5.41) is 1.28. The van der Waals surface area contributed by atoms with Crippen molar-refractivity contribution in [3.8, 4) is 0 Å². The molecule has 33 heavy (non-hydrogen) atoms. The van der Waals surface area contributed by atoms with E-state index in [0.29, 0.717) is 0 Å². The molecule has 1 nitrogen and oxygen atoms in total. The van der Waals surface area contributed by atoms with E-state index >= 15 is 0 Å². The van der Waals surface area contributed by atoms with Gasteiger partial charge in [0.1, 0.15) is 0 Å². The Morgan fingerprint density at radius 2 is 1.15 bits per heavy atom. The van der Waals surface area contributed by atoms with Gasteiger partial charge in [0.2, 0.25) is 0 Å². The highest BCUT2D eigenvalue weighted by Gasteiger charge is 2.44. The van der Waals surface area contributed by atoms with E-state index in [1.807, 2.05) is 0 Å². The number of para-hydroxylation sites is 1. The summed E-state index contributed by atoms with van der Waals surface area (Å²) in [5.74, 6) is 0.156. The van der Waals surface area contributed by atoms with Crippen molar-refractivity contribution in [2.24, 2.45) is 5.92 Å². The molecule has 1 heteroatoms. The summed E-state index contributed by atoms with van der Waals surface area (Å²) in [6.45, 7) is 6.73. The highest BCUT2D eigenvalue weighted by Crippen LogP contribution is 2.49. The Labute approximate surface area is 196 Å². The monoisotopic (exact) mass is 427 g/mol. The van der Waals surface area contributed by atoms with Gasteiger partial charge in [-0.3, -0.25) is 0 Å². The Morgan fingerprint density at radius 3 is 1.64 bits per heavy atom. The Morgan fingerprint density at radius 1 is 0.697 bits per heavy atom. The molecule has 1 atom stereocenters. The minimum atomic E-state index is -0.367. The molecule has 4 aromatic carbocycles. The number of H-pyrrole nitrogens is 1. The summed E-state index contributed by atoms with van der Waals surface area (Å²) in [6, 6.07) is 41.4. The van der Waals surface area contributed by atoms with Gasteiger partial charge in [-0.25, -0.2) is 0 Å². The molecule has 0 fully saturated rings. The number of nitrogens with one attached hydrogen (secondary N) is 1. The van der Waals surface area contributed by atoms with E-state index in [4.69, 9.17) is 0 Å². The zero-order valence-corrected chi connectivity index (χ0v) is 19.0. The van der Waals surface area contributed by atoms with Gasteiger partial charge in [0.25, 0.3) is 0 Å². The van der Waals surface area contributed by atoms with Crippen molar-refractivity contribution in [1.29, 1.82) is 0 Å². The Bertz CT molecular complexity index is 1250. The van der Waals surface area contributed by atoms with E-state index in [1.165, 1.54) is 38.7 Å². The van der Waals surface area contributed by atoms with Crippen LogP contribution in [0.3, 0.4) is 0 Å². The van der Waals surface area contributed by atoms with Crippen LogP contribution in [0, 0.1) is 5.92 Å². The number of fused-ring (bicyclic) bond motifs is 1. The molecule has 162 valence electrons. The van der Waals surface area contributed by atoms with Gasteiger partial charge < -0.3 is 4.98 Å². The Hall–Kier alpha value is -3.84. The summed E-state index contributed by atoms with van der Waals surface area (Å²) >= 11 is 0. The van der Waals surface area contributed by atoms with Gasteiger partial charge in [-0.15, -0.1) is 0 Å². The van der Waals surface area contributed by atoms with E-state index in [2.05, 4.69) is 140 Å². The third kappa shape index (κ3) is 3.70. The molecular formula is C32H29N. The summed E-state index contributed by atoms with van der Waals surface area (Å²) in [5.41, 5.74) is 7.18. The first-order valence-electron chi connectivity index (χ1n) is 11.6. The fourth-order valence-electron chi connectivity index (χ4n) is 5.42. The van der Waals surface area contributed by atoms with Gasteiger partial charge in [-0.05, 0) is 41.7 Å². The maximum atomic E-state index is 4.55. The quantitative estimate of drug-likeness (QED) is 0.200. The first-order chi connectivity index (χ1) is 16.2. The molecular weight excluding hydrogens is 398 g/mol. The van der Waals surface area contributed by atoms with Crippen LogP contribution in [0.25, 0.3) is 10.9 Å². The van der Waals surface area contributed by atoms with Crippen LogP contribution in [-0.2, 0) is 11.8 Å². The van der Waals surface area contributed by atoms with Gasteiger partial charge >= 0.3 is 0 Å². The lowest BCUT2D eigenvalue weighted by molar-refractivity contribution is 0.425. The molecule has 5 rings (SSSR count). The average molecular weight is 428 g/mol. The molecule has 1 heterocycles. The van der Waals surface area contributed by atoms with Crippen LogP contribution < -0.4 is 0 Å². The fraction of sp³-hybridized carbons (Fsp3) is 0.125. The predicted octanol–water partition coefficient (Wildman–Crippen LogP) is 7.94. The topological polar surface area (TPSA) is 15.8 Å². The van der Waals surface area contributed by atoms with E-state index in [1.54, 1.807) is 0 Å². The molecule has 0 aliphatic heterocycles. The summed E-state index contributed by atoms with van der Waals surface area (Å²) in [7, 11) is 0. The van der Waals surface area contributed by atoms with Crippen molar-refractivity contribution in [2.45, 2.75) is 18.8 Å². The van der Waals surface area contributed by atoms with Gasteiger partial charge in [-0.2, -0.15) is 0 Å². The number of aromatic amines is 1. The van der Waals surface area contributed by atoms with E-state index < -0.39 is 0 Å². The average Bonchev–Trinajstić information content (AvgIpc) is 3.29. The summed E-state index contributed by atoms with van der Waals surface area (Å²) < 4.78 is 0. The van der Waals surface area contributed by atoms with Crippen LogP contribution >= 0.6 is 0 Å². The van der Waals surface area contributed by atoms with Crippen molar-refractivity contribution in [3.05, 3.63) is 156 Å². The molecule has 1 N–H and O–H groups in total. The Kier molecular flexibility index (Phi) is 5.71. The fourth-order valence-corrected chi connectivity index (χ4v) is 5.42. The minimum Gasteiger partial charge on any atom is -0.361 e. The molecule has 0 saturated heterocycles. The zero-order chi connectivity index (χ0) is 22.7. The maximum absolute atomic E-state index is 4.55. The second-order valence-corrected chi connectivity index (χ2v) is 8.87. The number of hydrogen-bond donors (Lipinski definition) is 1. The van der Waals surface area contributed by atoms with Crippen molar-refractivity contribution in [1.82, 2.24) is 4.98 Å². The minimum absolute atomic E-state index is 0.156. The lowest BCUT2D eigenvalue weighted by Crippen LogP contribution is -2.39. The van der Waals surface area contributed by atoms with Crippen LogP contribution in [0.4, 0.5) is 0 Å². The maximum Gasteiger partial charge on any atom is 0.0519 e. The molecule has 0 saturated carbocycles. The SMILES string of the molecule is C=C(C)C(Cc1c[nH]c2ccccc12)C(c1ccccc1)(c1ccccc1)c1ccccc1. The molecule has 0 aliphatic rings. The highest BCUT2D eigenvalue weighted by molar-refractivity contribution is 5.83. The molecule has 1 unspecified atom stereocenters. The van der Waals surface area contributed by atoms with Crippen LogP contribution in [0.5, 0.6) is 0 Å². The zero-order valence-electron chi connectivity index (χ0n) is 19.0. The molecule has 0 radical (unpaired) electrons. The lowest BCUT2D eigenvalue weighted by atomic mass is 9.58. The van der Waals surface area contributed by atoms with Crippen molar-refractivity contribution < 1.29 is 0 Å². The molecule has 0 amide bonds.